The molecule has 12 heavy (non-hydrogen) atoms. The van der Waals surface area contributed by atoms with Crippen LogP contribution in [0.3, 0.4) is 0 Å². The van der Waals surface area contributed by atoms with Crippen molar-refractivity contribution in [3.05, 3.63) is 0 Å². The minimum Gasteiger partial charge on any atom is -0.449 e. The van der Waals surface area contributed by atoms with Gasteiger partial charge in [-0.3, -0.25) is 0 Å². The Balaban J connectivity index is 0.00000121. The van der Waals surface area contributed by atoms with Crippen LogP contribution in [0.1, 0.15) is 19.3 Å². The van der Waals surface area contributed by atoms with E-state index in [4.69, 9.17) is 4.74 Å². The van der Waals surface area contributed by atoms with E-state index in [-0.39, 0.29) is 51.4 Å². The number of hydrogen-bond donors (Lipinski definition) is 0. The van der Waals surface area contributed by atoms with Crippen molar-refractivity contribution in [1.29, 1.82) is 0 Å². The van der Waals surface area contributed by atoms with Gasteiger partial charge in [0.2, 0.25) is 0 Å². The van der Waals surface area contributed by atoms with Gasteiger partial charge >= 0.3 is 58.4 Å². The zero-order chi connectivity index (χ0) is 8.32. The van der Waals surface area contributed by atoms with Crippen molar-refractivity contribution in [2.24, 2.45) is 0 Å². The Morgan fingerprint density at radius 1 is 1.25 bits per heavy atom. The van der Waals surface area contributed by atoms with E-state index in [1.165, 1.54) is 0 Å². The summed E-state index contributed by atoms with van der Waals surface area (Å²) in [6.45, 7) is -4.16. The van der Waals surface area contributed by atoms with Gasteiger partial charge in [-0.1, -0.05) is 6.32 Å². The fraction of sp³-hybridized carbons (Fsp3) is 1.00. The van der Waals surface area contributed by atoms with Crippen LogP contribution in [0.5, 0.6) is 0 Å². The van der Waals surface area contributed by atoms with Crippen molar-refractivity contribution in [2.75, 3.05) is 6.61 Å². The Bertz CT molecular complexity index is 124. The molecule has 1 atom stereocenters. The van der Waals surface area contributed by atoms with Gasteiger partial charge in [-0.05, 0) is 19.3 Å². The summed E-state index contributed by atoms with van der Waals surface area (Å²) in [6.07, 6.45) is 1.07. The van der Waals surface area contributed by atoms with Crippen LogP contribution in [0, 0.1) is 0 Å². The second-order valence-electron chi connectivity index (χ2n) is 2.93. The molecule has 1 rings (SSSR count). The van der Waals surface area contributed by atoms with Crippen LogP contribution in [-0.2, 0) is 4.74 Å². The van der Waals surface area contributed by atoms with Gasteiger partial charge in [0.1, 0.15) is 0 Å². The summed E-state index contributed by atoms with van der Waals surface area (Å²) in [4.78, 5) is 0. The maximum absolute atomic E-state index is 11.8. The van der Waals surface area contributed by atoms with Gasteiger partial charge in [-0.25, -0.2) is 0 Å². The second-order valence-corrected chi connectivity index (χ2v) is 2.93. The van der Waals surface area contributed by atoms with E-state index in [9.17, 15) is 12.9 Å². The molecule has 1 saturated heterocycles. The molecule has 0 spiro atoms. The molecule has 1 unspecified atom stereocenters. The topological polar surface area (TPSA) is 9.23 Å². The van der Waals surface area contributed by atoms with E-state index in [0.717, 1.165) is 12.8 Å². The van der Waals surface area contributed by atoms with E-state index in [1.54, 1.807) is 0 Å². The summed E-state index contributed by atoms with van der Waals surface area (Å²) in [5.41, 5.74) is 0. The van der Waals surface area contributed by atoms with Gasteiger partial charge in [-0.2, -0.15) is 0 Å². The van der Waals surface area contributed by atoms with Crippen LogP contribution < -0.4 is 51.4 Å². The fourth-order valence-corrected chi connectivity index (χ4v) is 1.29. The molecule has 0 saturated carbocycles. The van der Waals surface area contributed by atoms with Crippen LogP contribution in [-0.4, -0.2) is 19.7 Å². The monoisotopic (exact) mass is 206 g/mol. The van der Waals surface area contributed by atoms with Crippen LogP contribution in [0.2, 0.25) is 6.32 Å². The zero-order valence-corrected chi connectivity index (χ0v) is 10.4. The van der Waals surface area contributed by atoms with Gasteiger partial charge in [0.25, 0.3) is 0 Å². The van der Waals surface area contributed by atoms with Gasteiger partial charge in [0.15, 0.2) is 0 Å². The third kappa shape index (κ3) is 5.99. The molecular formula is C6H11BF3KO. The first kappa shape index (κ1) is 13.5. The van der Waals surface area contributed by atoms with Crippen LogP contribution >= 0.6 is 0 Å². The molecule has 0 aliphatic carbocycles. The Hall–Kier alpha value is 1.45. The van der Waals surface area contributed by atoms with E-state index < -0.39 is 19.4 Å². The Morgan fingerprint density at radius 2 is 1.92 bits per heavy atom. The van der Waals surface area contributed by atoms with Crippen LogP contribution in [0.15, 0.2) is 0 Å². The molecule has 1 fully saturated rings. The van der Waals surface area contributed by atoms with E-state index in [1.807, 2.05) is 0 Å². The summed E-state index contributed by atoms with van der Waals surface area (Å²) >= 11 is 0. The normalized spacial score (nSPS) is 24.8. The fourth-order valence-electron chi connectivity index (χ4n) is 1.29. The van der Waals surface area contributed by atoms with E-state index in [0.29, 0.717) is 13.0 Å². The van der Waals surface area contributed by atoms with Crippen molar-refractivity contribution in [1.82, 2.24) is 0 Å². The molecule has 1 aliphatic heterocycles. The average molecular weight is 206 g/mol. The molecule has 6 heteroatoms. The number of rotatable bonds is 2. The maximum Gasteiger partial charge on any atom is 1.00 e. The van der Waals surface area contributed by atoms with Gasteiger partial charge in [0, 0.05) is 12.7 Å². The van der Waals surface area contributed by atoms with Crippen LogP contribution in [0.4, 0.5) is 12.9 Å². The summed E-state index contributed by atoms with van der Waals surface area (Å²) in [5, 5.41) is 0. The third-order valence-electron chi connectivity index (χ3n) is 1.80. The molecule has 0 radical (unpaired) electrons. The molecule has 0 N–H and O–H groups in total. The second kappa shape index (κ2) is 6.03. The summed E-state index contributed by atoms with van der Waals surface area (Å²) in [6, 6.07) is 0. The molecule has 66 valence electrons. The van der Waals surface area contributed by atoms with Crippen molar-refractivity contribution >= 4 is 6.98 Å². The third-order valence-corrected chi connectivity index (χ3v) is 1.80. The predicted octanol–water partition coefficient (Wildman–Crippen LogP) is -0.593. The van der Waals surface area contributed by atoms with Gasteiger partial charge in [-0.15, -0.1) is 0 Å². The molecule has 0 bridgehead atoms. The summed E-state index contributed by atoms with van der Waals surface area (Å²) < 4.78 is 40.4. The van der Waals surface area contributed by atoms with Crippen molar-refractivity contribution < 1.29 is 69.1 Å². The molecular weight excluding hydrogens is 195 g/mol. The standard InChI is InChI=1S/C6H11BF3O.K/c8-7(9,10)5-6-3-1-2-4-11-6;/h6H,1-5H2;/q-1;+1. The SMILES string of the molecule is F[B-](F)(F)CC1CCCCO1.[K+]. The Kier molecular flexibility index (Phi) is 6.76. The summed E-state index contributed by atoms with van der Waals surface area (Å²) in [5.74, 6) is 0. The van der Waals surface area contributed by atoms with Crippen molar-refractivity contribution in [2.45, 2.75) is 31.7 Å². The first-order valence-electron chi connectivity index (χ1n) is 3.90. The smallest absolute Gasteiger partial charge is 0.449 e. The maximum atomic E-state index is 11.8. The molecule has 1 aliphatic rings. The first-order chi connectivity index (χ1) is 5.08. The Labute approximate surface area is 113 Å². The first-order valence-corrected chi connectivity index (χ1v) is 3.90. The average Bonchev–Trinajstić information content (AvgIpc) is 1.85. The largest absolute Gasteiger partial charge is 1.00 e. The molecule has 0 aromatic rings. The minimum atomic E-state index is -4.65. The predicted molar refractivity (Wildman–Crippen MR) is 37.5 cm³/mol. The van der Waals surface area contributed by atoms with E-state index in [2.05, 4.69) is 0 Å². The molecule has 0 amide bonds. The number of ether oxygens (including phenoxy) is 1. The van der Waals surface area contributed by atoms with Crippen LogP contribution in [0.25, 0.3) is 0 Å². The van der Waals surface area contributed by atoms with Crippen molar-refractivity contribution in [3.8, 4) is 0 Å². The molecule has 1 heterocycles. The van der Waals surface area contributed by atoms with Crippen molar-refractivity contribution in [3.63, 3.8) is 0 Å². The van der Waals surface area contributed by atoms with Gasteiger partial charge in [0.05, 0.1) is 0 Å². The molecule has 0 aromatic heterocycles. The van der Waals surface area contributed by atoms with Gasteiger partial charge < -0.3 is 17.7 Å². The number of hydrogen-bond acceptors (Lipinski definition) is 1. The molecule has 1 nitrogen and oxygen atoms in total. The minimum absolute atomic E-state index is 0. The molecule has 0 aromatic carbocycles. The van der Waals surface area contributed by atoms with E-state index >= 15 is 0 Å². The summed E-state index contributed by atoms with van der Waals surface area (Å²) in [7, 11) is 0. The Morgan fingerprint density at radius 3 is 2.33 bits per heavy atom. The zero-order valence-electron chi connectivity index (χ0n) is 7.23. The quantitative estimate of drug-likeness (QED) is 0.548. The number of halogens is 3.